The lowest BCUT2D eigenvalue weighted by molar-refractivity contribution is -0.146. The quantitative estimate of drug-likeness (QED) is 0.812. The first-order valence-electron chi connectivity index (χ1n) is 9.06. The Kier molecular flexibility index (Phi) is 6.64. The molecule has 144 valence electrons. The van der Waals surface area contributed by atoms with Crippen molar-refractivity contribution in [3.05, 3.63) is 29.8 Å². The monoisotopic (exact) mass is 363 g/mol. The highest BCUT2D eigenvalue weighted by Crippen LogP contribution is 2.26. The van der Waals surface area contributed by atoms with Crippen LogP contribution in [0.1, 0.15) is 46.1 Å². The summed E-state index contributed by atoms with van der Waals surface area (Å²) in [5.74, 6) is -1.12. The number of amides is 1. The highest BCUT2D eigenvalue weighted by atomic mass is 16.5. The van der Waals surface area contributed by atoms with Crippen molar-refractivity contribution in [3.8, 4) is 5.75 Å². The van der Waals surface area contributed by atoms with Crippen LogP contribution in [0.15, 0.2) is 24.3 Å². The van der Waals surface area contributed by atoms with Gasteiger partial charge in [-0.25, -0.2) is 4.79 Å². The van der Waals surface area contributed by atoms with E-state index in [2.05, 4.69) is 26.1 Å². The van der Waals surface area contributed by atoms with E-state index >= 15 is 0 Å². The molecule has 1 amide bonds. The minimum atomic E-state index is -1.05. The van der Waals surface area contributed by atoms with Gasteiger partial charge >= 0.3 is 5.97 Å². The van der Waals surface area contributed by atoms with E-state index in [-0.39, 0.29) is 11.3 Å². The highest BCUT2D eigenvalue weighted by molar-refractivity contribution is 5.86. The molecule has 2 N–H and O–H groups in total. The highest BCUT2D eigenvalue weighted by Gasteiger charge is 2.32. The number of carboxylic acid groups (broad SMARTS) is 1. The third-order valence-electron chi connectivity index (χ3n) is 4.61. The van der Waals surface area contributed by atoms with E-state index in [4.69, 9.17) is 9.47 Å². The van der Waals surface area contributed by atoms with Crippen LogP contribution < -0.4 is 10.1 Å². The topological polar surface area (TPSA) is 84.9 Å². The average Bonchev–Trinajstić information content (AvgIpc) is 2.59. The molecule has 0 spiro atoms. The maximum atomic E-state index is 12.4. The van der Waals surface area contributed by atoms with Crippen LogP contribution in [0.3, 0.4) is 0 Å². The Labute approximate surface area is 154 Å². The molecule has 0 saturated carbocycles. The Balaban J connectivity index is 2.01. The Morgan fingerprint density at radius 2 is 2.08 bits per heavy atom. The minimum Gasteiger partial charge on any atom is -0.481 e. The van der Waals surface area contributed by atoms with Gasteiger partial charge < -0.3 is 19.9 Å². The van der Waals surface area contributed by atoms with Crippen molar-refractivity contribution >= 4 is 11.9 Å². The molecule has 2 rings (SSSR count). The van der Waals surface area contributed by atoms with Crippen molar-refractivity contribution in [1.82, 2.24) is 5.32 Å². The van der Waals surface area contributed by atoms with Gasteiger partial charge in [0.15, 0.2) is 6.10 Å². The molecule has 3 unspecified atom stereocenters. The zero-order valence-electron chi connectivity index (χ0n) is 16.0. The van der Waals surface area contributed by atoms with Crippen molar-refractivity contribution in [2.45, 2.75) is 58.1 Å². The Morgan fingerprint density at radius 3 is 2.65 bits per heavy atom. The molecule has 0 aliphatic carbocycles. The standard InChI is InChI=1S/C20H29NO5/c1-13(26-16-9-5-8-15(11-16)20(2,3)4)18(22)21-17(19(23)24)14-7-6-10-25-12-14/h5,8-9,11,13-14,17H,6-7,10,12H2,1-4H3,(H,21,22)(H,23,24). The molecule has 1 fully saturated rings. The average molecular weight is 363 g/mol. The number of hydrogen-bond donors (Lipinski definition) is 2. The fourth-order valence-electron chi connectivity index (χ4n) is 2.97. The molecule has 0 radical (unpaired) electrons. The number of benzene rings is 1. The summed E-state index contributed by atoms with van der Waals surface area (Å²) in [6, 6.07) is 6.65. The van der Waals surface area contributed by atoms with E-state index in [0.29, 0.717) is 19.0 Å². The molecule has 1 heterocycles. The van der Waals surface area contributed by atoms with Crippen LogP contribution in [-0.4, -0.2) is 42.3 Å². The van der Waals surface area contributed by atoms with Crippen molar-refractivity contribution in [3.63, 3.8) is 0 Å². The molecule has 3 atom stereocenters. The molecule has 1 aliphatic heterocycles. The van der Waals surface area contributed by atoms with E-state index in [0.717, 1.165) is 18.4 Å². The van der Waals surface area contributed by atoms with Crippen LogP contribution in [0, 0.1) is 5.92 Å². The second kappa shape index (κ2) is 8.54. The van der Waals surface area contributed by atoms with Gasteiger partial charge in [0.25, 0.3) is 5.91 Å². The number of carbonyl (C=O) groups excluding carboxylic acids is 1. The first kappa shape index (κ1) is 20.2. The molecule has 1 aromatic rings. The van der Waals surface area contributed by atoms with Crippen LogP contribution >= 0.6 is 0 Å². The lowest BCUT2D eigenvalue weighted by Crippen LogP contribution is -2.51. The van der Waals surface area contributed by atoms with Crippen molar-refractivity contribution < 1.29 is 24.2 Å². The summed E-state index contributed by atoms with van der Waals surface area (Å²) in [5.41, 5.74) is 1.07. The lowest BCUT2D eigenvalue weighted by atomic mass is 9.87. The van der Waals surface area contributed by atoms with Crippen LogP contribution in [0.5, 0.6) is 5.75 Å². The van der Waals surface area contributed by atoms with Crippen molar-refractivity contribution in [2.24, 2.45) is 5.92 Å². The van der Waals surface area contributed by atoms with Gasteiger partial charge in [-0.05, 0) is 42.9 Å². The number of hydrogen-bond acceptors (Lipinski definition) is 4. The largest absolute Gasteiger partial charge is 0.481 e. The molecular weight excluding hydrogens is 334 g/mol. The first-order chi connectivity index (χ1) is 12.2. The molecule has 1 aliphatic rings. The van der Waals surface area contributed by atoms with E-state index < -0.39 is 24.0 Å². The van der Waals surface area contributed by atoms with E-state index in [1.54, 1.807) is 13.0 Å². The normalized spacial score (nSPS) is 20.1. The SMILES string of the molecule is CC(Oc1cccc(C(C)(C)C)c1)C(=O)NC(C(=O)O)C1CCCOC1. The zero-order chi connectivity index (χ0) is 19.3. The van der Waals surface area contributed by atoms with Crippen LogP contribution in [0.4, 0.5) is 0 Å². The van der Waals surface area contributed by atoms with Gasteiger partial charge in [-0.15, -0.1) is 0 Å². The Bertz CT molecular complexity index is 631. The Hall–Kier alpha value is -2.08. The van der Waals surface area contributed by atoms with Gasteiger partial charge in [0, 0.05) is 12.5 Å². The summed E-state index contributed by atoms with van der Waals surface area (Å²) in [5, 5.41) is 12.1. The second-order valence-electron chi connectivity index (χ2n) is 7.84. The van der Waals surface area contributed by atoms with Gasteiger partial charge in [-0.1, -0.05) is 32.9 Å². The summed E-state index contributed by atoms with van der Waals surface area (Å²) in [7, 11) is 0. The van der Waals surface area contributed by atoms with E-state index in [1.165, 1.54) is 0 Å². The maximum absolute atomic E-state index is 12.4. The summed E-state index contributed by atoms with van der Waals surface area (Å²) in [4.78, 5) is 24.0. The van der Waals surface area contributed by atoms with Gasteiger partial charge in [-0.2, -0.15) is 0 Å². The van der Waals surface area contributed by atoms with E-state index in [9.17, 15) is 14.7 Å². The number of carboxylic acids is 1. The summed E-state index contributed by atoms with van der Waals surface area (Å²) >= 11 is 0. The fourth-order valence-corrected chi connectivity index (χ4v) is 2.97. The predicted molar refractivity (Wildman–Crippen MR) is 98.3 cm³/mol. The molecular formula is C20H29NO5. The lowest BCUT2D eigenvalue weighted by Gasteiger charge is -2.29. The molecule has 1 aromatic carbocycles. The molecule has 0 bridgehead atoms. The fraction of sp³-hybridized carbons (Fsp3) is 0.600. The number of ether oxygens (including phenoxy) is 2. The number of rotatable bonds is 6. The van der Waals surface area contributed by atoms with Crippen molar-refractivity contribution in [1.29, 1.82) is 0 Å². The Morgan fingerprint density at radius 1 is 1.35 bits per heavy atom. The van der Waals surface area contributed by atoms with Gasteiger partial charge in [0.1, 0.15) is 11.8 Å². The summed E-state index contributed by atoms with van der Waals surface area (Å²) < 4.78 is 11.1. The summed E-state index contributed by atoms with van der Waals surface area (Å²) in [6.45, 7) is 8.92. The molecule has 1 saturated heterocycles. The summed E-state index contributed by atoms with van der Waals surface area (Å²) in [6.07, 6.45) is 0.729. The van der Waals surface area contributed by atoms with E-state index in [1.807, 2.05) is 18.2 Å². The van der Waals surface area contributed by atoms with Gasteiger partial charge in [-0.3, -0.25) is 4.79 Å². The first-order valence-corrected chi connectivity index (χ1v) is 9.06. The predicted octanol–water partition coefficient (Wildman–Crippen LogP) is 2.75. The van der Waals surface area contributed by atoms with Crippen molar-refractivity contribution in [2.75, 3.05) is 13.2 Å². The zero-order valence-corrected chi connectivity index (χ0v) is 16.0. The second-order valence-corrected chi connectivity index (χ2v) is 7.84. The molecule has 26 heavy (non-hydrogen) atoms. The smallest absolute Gasteiger partial charge is 0.326 e. The maximum Gasteiger partial charge on any atom is 0.326 e. The third kappa shape index (κ3) is 5.46. The third-order valence-corrected chi connectivity index (χ3v) is 4.61. The van der Waals surface area contributed by atoms with Gasteiger partial charge in [0.05, 0.1) is 6.61 Å². The van der Waals surface area contributed by atoms with Crippen LogP contribution in [-0.2, 0) is 19.7 Å². The molecule has 6 heteroatoms. The number of aliphatic carboxylic acids is 1. The van der Waals surface area contributed by atoms with Gasteiger partial charge in [0.2, 0.25) is 0 Å². The molecule has 0 aromatic heterocycles. The number of nitrogens with one attached hydrogen (secondary N) is 1. The minimum absolute atomic E-state index is 0.0275. The number of carbonyl (C=O) groups is 2. The molecule has 6 nitrogen and oxygen atoms in total. The van der Waals surface area contributed by atoms with Crippen LogP contribution in [0.2, 0.25) is 0 Å². The van der Waals surface area contributed by atoms with Crippen LogP contribution in [0.25, 0.3) is 0 Å².